The van der Waals surface area contributed by atoms with Crippen molar-refractivity contribution in [1.82, 2.24) is 4.90 Å². The first kappa shape index (κ1) is 14.8. The number of rotatable bonds is 5. The molecule has 4 nitrogen and oxygen atoms in total. The van der Waals surface area contributed by atoms with E-state index in [0.717, 1.165) is 6.42 Å². The molecule has 0 saturated heterocycles. The summed E-state index contributed by atoms with van der Waals surface area (Å²) in [6.07, 6.45) is 1.01. The lowest BCUT2D eigenvalue weighted by atomic mass is 10.2. The summed E-state index contributed by atoms with van der Waals surface area (Å²) in [5.74, 6) is -0.0792. The number of halogens is 1. The first-order chi connectivity index (χ1) is 8.43. The molecule has 1 aromatic carbocycles. The molecular weight excluding hydrogens is 250 g/mol. The summed E-state index contributed by atoms with van der Waals surface area (Å²) in [5.41, 5.74) is 6.76. The third kappa shape index (κ3) is 4.20. The van der Waals surface area contributed by atoms with Gasteiger partial charge in [-0.1, -0.05) is 18.5 Å². The van der Waals surface area contributed by atoms with Crippen LogP contribution in [0.4, 0.5) is 11.4 Å². The van der Waals surface area contributed by atoms with E-state index in [2.05, 4.69) is 19.2 Å². The van der Waals surface area contributed by atoms with Gasteiger partial charge in [-0.15, -0.1) is 0 Å². The van der Waals surface area contributed by atoms with Crippen LogP contribution >= 0.6 is 11.6 Å². The number of benzene rings is 1. The van der Waals surface area contributed by atoms with Crippen LogP contribution < -0.4 is 11.1 Å². The van der Waals surface area contributed by atoms with Crippen molar-refractivity contribution in [2.75, 3.05) is 24.6 Å². The van der Waals surface area contributed by atoms with Gasteiger partial charge in [-0.25, -0.2) is 0 Å². The Balaban J connectivity index is 2.59. The van der Waals surface area contributed by atoms with Gasteiger partial charge in [0.1, 0.15) is 0 Å². The number of anilines is 2. The Morgan fingerprint density at radius 3 is 2.78 bits per heavy atom. The summed E-state index contributed by atoms with van der Waals surface area (Å²) in [7, 11) is 1.93. The van der Waals surface area contributed by atoms with Crippen LogP contribution in [0.2, 0.25) is 5.02 Å². The molecule has 0 aromatic heterocycles. The summed E-state index contributed by atoms with van der Waals surface area (Å²) in [5, 5.41) is 3.23. The highest BCUT2D eigenvalue weighted by Crippen LogP contribution is 2.23. The van der Waals surface area contributed by atoms with E-state index in [-0.39, 0.29) is 5.91 Å². The number of amides is 1. The van der Waals surface area contributed by atoms with E-state index in [9.17, 15) is 4.79 Å². The Hall–Kier alpha value is -1.26. The van der Waals surface area contributed by atoms with Crippen LogP contribution in [0, 0.1) is 0 Å². The fourth-order valence-corrected chi connectivity index (χ4v) is 1.75. The third-order valence-electron chi connectivity index (χ3n) is 3.00. The smallest absolute Gasteiger partial charge is 0.238 e. The third-order valence-corrected chi connectivity index (χ3v) is 3.32. The van der Waals surface area contributed by atoms with Gasteiger partial charge in [-0.05, 0) is 38.6 Å². The lowest BCUT2D eigenvalue weighted by Crippen LogP contribution is -2.36. The number of carbonyl (C=O) groups is 1. The predicted octanol–water partition coefficient (Wildman–Crippen LogP) is 2.59. The minimum atomic E-state index is -0.0792. The van der Waals surface area contributed by atoms with Gasteiger partial charge in [0.05, 0.1) is 17.3 Å². The maximum Gasteiger partial charge on any atom is 0.238 e. The molecule has 5 heteroatoms. The van der Waals surface area contributed by atoms with Crippen LogP contribution in [-0.4, -0.2) is 30.4 Å². The second-order valence-corrected chi connectivity index (χ2v) is 4.87. The van der Waals surface area contributed by atoms with Crippen LogP contribution in [0.1, 0.15) is 20.3 Å². The molecule has 0 spiro atoms. The minimum absolute atomic E-state index is 0.0792. The summed E-state index contributed by atoms with van der Waals surface area (Å²) in [4.78, 5) is 13.8. The SMILES string of the molecule is CCC(C)N(C)CC(=O)Nc1ccc(N)cc1Cl. The average Bonchev–Trinajstić information content (AvgIpc) is 2.31. The molecule has 0 bridgehead atoms. The second kappa shape index (κ2) is 6.61. The average molecular weight is 270 g/mol. The van der Waals surface area contributed by atoms with Crippen molar-refractivity contribution in [2.45, 2.75) is 26.3 Å². The molecule has 1 amide bonds. The van der Waals surface area contributed by atoms with Crippen LogP contribution in [0.3, 0.4) is 0 Å². The first-order valence-corrected chi connectivity index (χ1v) is 6.37. The number of nitrogens with one attached hydrogen (secondary N) is 1. The zero-order valence-corrected chi connectivity index (χ0v) is 11.8. The van der Waals surface area contributed by atoms with Crippen molar-refractivity contribution in [3.05, 3.63) is 23.2 Å². The highest BCUT2D eigenvalue weighted by molar-refractivity contribution is 6.34. The fourth-order valence-electron chi connectivity index (χ4n) is 1.52. The highest BCUT2D eigenvalue weighted by Gasteiger charge is 2.12. The Kier molecular flexibility index (Phi) is 5.44. The van der Waals surface area contributed by atoms with Gasteiger partial charge < -0.3 is 11.1 Å². The Bertz CT molecular complexity index is 423. The van der Waals surface area contributed by atoms with Gasteiger partial charge in [0.25, 0.3) is 0 Å². The molecule has 0 aliphatic rings. The molecule has 1 unspecified atom stereocenters. The monoisotopic (exact) mass is 269 g/mol. The molecule has 100 valence electrons. The number of nitrogens with zero attached hydrogens (tertiary/aromatic N) is 1. The predicted molar refractivity (Wildman–Crippen MR) is 76.9 cm³/mol. The molecule has 1 atom stereocenters. The number of nitrogen functional groups attached to an aromatic ring is 1. The van der Waals surface area contributed by atoms with Crippen molar-refractivity contribution in [3.8, 4) is 0 Å². The van der Waals surface area contributed by atoms with Crippen molar-refractivity contribution in [3.63, 3.8) is 0 Å². The highest BCUT2D eigenvalue weighted by atomic mass is 35.5. The van der Waals surface area contributed by atoms with Gasteiger partial charge in [0.15, 0.2) is 0 Å². The van der Waals surface area contributed by atoms with Crippen LogP contribution in [0.15, 0.2) is 18.2 Å². The Morgan fingerprint density at radius 2 is 2.22 bits per heavy atom. The van der Waals surface area contributed by atoms with E-state index in [0.29, 0.717) is 29.0 Å². The lowest BCUT2D eigenvalue weighted by Gasteiger charge is -2.22. The normalized spacial score (nSPS) is 12.5. The van der Waals surface area contributed by atoms with E-state index in [1.165, 1.54) is 0 Å². The molecule has 3 N–H and O–H groups in total. The number of hydrogen-bond donors (Lipinski definition) is 2. The summed E-state index contributed by atoms with van der Waals surface area (Å²) >= 11 is 5.99. The first-order valence-electron chi connectivity index (χ1n) is 5.99. The number of likely N-dealkylation sites (N-methyl/N-ethyl adjacent to an activating group) is 1. The number of hydrogen-bond acceptors (Lipinski definition) is 3. The lowest BCUT2D eigenvalue weighted by molar-refractivity contribution is -0.117. The molecule has 0 heterocycles. The zero-order valence-electron chi connectivity index (χ0n) is 11.0. The maximum atomic E-state index is 11.8. The quantitative estimate of drug-likeness (QED) is 0.808. The van der Waals surface area contributed by atoms with Crippen LogP contribution in [0.25, 0.3) is 0 Å². The summed E-state index contributed by atoms with van der Waals surface area (Å²) in [6.45, 7) is 4.52. The molecule has 1 rings (SSSR count). The van der Waals surface area contributed by atoms with E-state index >= 15 is 0 Å². The van der Waals surface area contributed by atoms with Crippen molar-refractivity contribution in [2.24, 2.45) is 0 Å². The maximum absolute atomic E-state index is 11.8. The zero-order chi connectivity index (χ0) is 13.7. The Labute approximate surface area is 113 Å². The topological polar surface area (TPSA) is 58.4 Å². The summed E-state index contributed by atoms with van der Waals surface area (Å²) < 4.78 is 0. The van der Waals surface area contributed by atoms with Gasteiger partial charge >= 0.3 is 0 Å². The second-order valence-electron chi connectivity index (χ2n) is 4.46. The Morgan fingerprint density at radius 1 is 1.56 bits per heavy atom. The fraction of sp³-hybridized carbons (Fsp3) is 0.462. The van der Waals surface area contributed by atoms with Crippen molar-refractivity contribution >= 4 is 28.9 Å². The number of carbonyl (C=O) groups excluding carboxylic acids is 1. The van der Waals surface area contributed by atoms with E-state index < -0.39 is 0 Å². The van der Waals surface area contributed by atoms with Crippen molar-refractivity contribution < 1.29 is 4.79 Å². The molecular formula is C13H20ClN3O. The van der Waals surface area contributed by atoms with Gasteiger partial charge in [0, 0.05) is 11.7 Å². The molecule has 0 saturated carbocycles. The van der Waals surface area contributed by atoms with E-state index in [4.69, 9.17) is 17.3 Å². The molecule has 0 aliphatic heterocycles. The standard InChI is InChI=1S/C13H20ClN3O/c1-4-9(2)17(3)8-13(18)16-12-6-5-10(15)7-11(12)14/h5-7,9H,4,8,15H2,1-3H3,(H,16,18). The van der Waals surface area contributed by atoms with Crippen LogP contribution in [-0.2, 0) is 4.79 Å². The molecule has 0 fully saturated rings. The summed E-state index contributed by atoms with van der Waals surface area (Å²) in [6, 6.07) is 5.41. The van der Waals surface area contributed by atoms with E-state index in [1.807, 2.05) is 11.9 Å². The molecule has 18 heavy (non-hydrogen) atoms. The molecule has 0 radical (unpaired) electrons. The molecule has 1 aromatic rings. The van der Waals surface area contributed by atoms with Crippen LogP contribution in [0.5, 0.6) is 0 Å². The van der Waals surface area contributed by atoms with Gasteiger partial charge in [0.2, 0.25) is 5.91 Å². The molecule has 0 aliphatic carbocycles. The van der Waals surface area contributed by atoms with Gasteiger partial charge in [-0.2, -0.15) is 0 Å². The van der Waals surface area contributed by atoms with Crippen molar-refractivity contribution in [1.29, 1.82) is 0 Å². The largest absolute Gasteiger partial charge is 0.399 e. The van der Waals surface area contributed by atoms with Gasteiger partial charge in [-0.3, -0.25) is 9.69 Å². The minimum Gasteiger partial charge on any atom is -0.399 e. The number of nitrogens with two attached hydrogens (primary N) is 1. The van der Waals surface area contributed by atoms with E-state index in [1.54, 1.807) is 18.2 Å².